The first-order chi connectivity index (χ1) is 20.4. The molecular formula is C28H32O15. The number of benzene rings is 2. The summed E-state index contributed by atoms with van der Waals surface area (Å²) in [6, 6.07) is 7.78. The second-order valence-corrected chi connectivity index (χ2v) is 10.3. The summed E-state index contributed by atoms with van der Waals surface area (Å²) >= 11 is 0. The largest absolute Gasteiger partial charge is 0.507 e. The van der Waals surface area contributed by atoms with Gasteiger partial charge in [0.15, 0.2) is 23.2 Å². The van der Waals surface area contributed by atoms with Crippen molar-refractivity contribution in [3.05, 3.63) is 46.6 Å². The van der Waals surface area contributed by atoms with Gasteiger partial charge < -0.3 is 69.0 Å². The van der Waals surface area contributed by atoms with Crippen LogP contribution in [0.1, 0.15) is 6.92 Å². The van der Waals surface area contributed by atoms with Gasteiger partial charge in [0.25, 0.3) is 0 Å². The van der Waals surface area contributed by atoms with Crippen LogP contribution in [-0.4, -0.2) is 116 Å². The molecule has 0 unspecified atom stereocenters. The lowest BCUT2D eigenvalue weighted by molar-refractivity contribution is -0.318. The van der Waals surface area contributed by atoms with Gasteiger partial charge in [-0.3, -0.25) is 4.79 Å². The van der Waals surface area contributed by atoms with Gasteiger partial charge in [-0.05, 0) is 25.1 Å². The molecule has 10 atom stereocenters. The summed E-state index contributed by atoms with van der Waals surface area (Å²) in [6.45, 7) is 0.953. The van der Waals surface area contributed by atoms with Crippen molar-refractivity contribution in [3.8, 4) is 34.3 Å². The fraction of sp³-hybridized carbons (Fsp3) is 0.464. The number of phenolic OH excluding ortho intramolecular Hbond substituents is 2. The van der Waals surface area contributed by atoms with Crippen molar-refractivity contribution in [2.45, 2.75) is 68.3 Å². The third-order valence-electron chi connectivity index (χ3n) is 7.40. The zero-order valence-electron chi connectivity index (χ0n) is 22.9. The van der Waals surface area contributed by atoms with Gasteiger partial charge in [0.05, 0.1) is 19.8 Å². The van der Waals surface area contributed by atoms with Crippen LogP contribution in [0.2, 0.25) is 0 Å². The molecule has 0 amide bonds. The molecule has 0 spiro atoms. The van der Waals surface area contributed by atoms with E-state index in [-0.39, 0.29) is 34.0 Å². The highest BCUT2D eigenvalue weighted by molar-refractivity contribution is 5.86. The summed E-state index contributed by atoms with van der Waals surface area (Å²) in [4.78, 5) is 12.8. The fourth-order valence-electron chi connectivity index (χ4n) is 4.92. The Hall–Kier alpha value is -3.51. The second-order valence-electron chi connectivity index (χ2n) is 10.3. The monoisotopic (exact) mass is 608 g/mol. The highest BCUT2D eigenvalue weighted by Gasteiger charge is 2.47. The number of ether oxygens (including phenoxy) is 5. The molecule has 2 saturated heterocycles. The van der Waals surface area contributed by atoms with Crippen LogP contribution >= 0.6 is 0 Å². The molecule has 0 bridgehead atoms. The van der Waals surface area contributed by atoms with E-state index in [2.05, 4.69) is 0 Å². The number of fused-ring (bicyclic) bond motifs is 1. The Kier molecular flexibility index (Phi) is 8.80. The Morgan fingerprint density at radius 3 is 2.19 bits per heavy atom. The highest BCUT2D eigenvalue weighted by Crippen LogP contribution is 2.35. The van der Waals surface area contributed by atoms with Crippen LogP contribution in [0.15, 0.2) is 45.6 Å². The van der Waals surface area contributed by atoms with Crippen LogP contribution in [-0.2, 0) is 14.2 Å². The summed E-state index contributed by atoms with van der Waals surface area (Å²) in [5.41, 5.74) is -0.381. The summed E-state index contributed by atoms with van der Waals surface area (Å²) in [5.74, 6) is -0.605. The molecule has 0 aliphatic carbocycles. The zero-order chi connectivity index (χ0) is 31.2. The lowest BCUT2D eigenvalue weighted by atomic mass is 9.98. The third kappa shape index (κ3) is 5.99. The summed E-state index contributed by atoms with van der Waals surface area (Å²) in [6.07, 6.45) is -15.0. The average Bonchev–Trinajstić information content (AvgIpc) is 2.97. The number of aromatic hydroxyl groups is 2. The van der Waals surface area contributed by atoms with Crippen LogP contribution < -0.4 is 14.9 Å². The van der Waals surface area contributed by atoms with Gasteiger partial charge in [0, 0.05) is 23.8 Å². The predicted octanol–water partition coefficient (Wildman–Crippen LogP) is -1.09. The minimum absolute atomic E-state index is 0.0517. The van der Waals surface area contributed by atoms with Crippen molar-refractivity contribution in [1.29, 1.82) is 0 Å². The first-order valence-corrected chi connectivity index (χ1v) is 13.3. The van der Waals surface area contributed by atoms with E-state index in [0.29, 0.717) is 5.56 Å². The predicted molar refractivity (Wildman–Crippen MR) is 143 cm³/mol. The van der Waals surface area contributed by atoms with E-state index in [4.69, 9.17) is 28.1 Å². The Balaban J connectivity index is 1.36. The summed E-state index contributed by atoms with van der Waals surface area (Å²) < 4.78 is 32.9. The van der Waals surface area contributed by atoms with E-state index in [1.807, 2.05) is 0 Å². The molecule has 2 aliphatic rings. The summed E-state index contributed by atoms with van der Waals surface area (Å²) in [7, 11) is 1.38. The minimum atomic E-state index is -1.78. The Bertz CT molecular complexity index is 1510. The molecular weight excluding hydrogens is 576 g/mol. The lowest BCUT2D eigenvalue weighted by Crippen LogP contribution is -2.61. The van der Waals surface area contributed by atoms with Gasteiger partial charge in [-0.1, -0.05) is 0 Å². The molecule has 2 fully saturated rings. The molecule has 8 N–H and O–H groups in total. The maximum absolute atomic E-state index is 12.8. The van der Waals surface area contributed by atoms with Gasteiger partial charge in [-0.2, -0.15) is 0 Å². The van der Waals surface area contributed by atoms with Gasteiger partial charge >= 0.3 is 0 Å². The first-order valence-electron chi connectivity index (χ1n) is 13.3. The van der Waals surface area contributed by atoms with Crippen molar-refractivity contribution < 1.29 is 69.0 Å². The van der Waals surface area contributed by atoms with Crippen LogP contribution in [0, 0.1) is 0 Å². The van der Waals surface area contributed by atoms with Crippen LogP contribution in [0.5, 0.6) is 23.0 Å². The number of aliphatic hydroxyl groups excluding tert-OH is 6. The second kappa shape index (κ2) is 12.2. The number of rotatable bonds is 7. The normalized spacial score (nSPS) is 32.9. The van der Waals surface area contributed by atoms with Crippen LogP contribution in [0.4, 0.5) is 0 Å². The Morgan fingerprint density at radius 2 is 1.49 bits per heavy atom. The molecule has 234 valence electrons. The molecule has 0 saturated carbocycles. The lowest BCUT2D eigenvalue weighted by Gasteiger charge is -2.42. The standard InChI is InChI=1S/C28H32O15/c1-10-21(32)23(34)25(36)27(40-10)39-9-19-22(33)24(35)26(37)28(43-19)41-12-6-14(30)20-15(31)8-17(42-18(20)7-12)11-3-4-16(38-2)13(29)5-11/h3-8,10,19,21-30,32-37H,9H2,1-2H3/t10-,19+,21-,22+,23+,24+,25-,26-,27+,28+/m0/s1. The molecule has 3 aromatic rings. The van der Waals surface area contributed by atoms with Crippen LogP contribution in [0.3, 0.4) is 0 Å². The number of hydrogen-bond acceptors (Lipinski definition) is 15. The SMILES string of the molecule is COc1ccc(-c2cc(=O)c3c(O)cc(O[C@@H]4O[C@H](CO[C@@H]5O[C@@H](C)[C@H](O)[C@@H](O)[C@@H]5O)[C@@H](O)[C@@H](O)[C@@H]4O)cc3o2)cc1O. The van der Waals surface area contributed by atoms with Crippen molar-refractivity contribution in [1.82, 2.24) is 0 Å². The molecule has 2 aliphatic heterocycles. The number of methoxy groups -OCH3 is 1. The molecule has 1 aromatic heterocycles. The number of aliphatic hydroxyl groups is 6. The van der Waals surface area contributed by atoms with Crippen molar-refractivity contribution in [2.24, 2.45) is 0 Å². The van der Waals surface area contributed by atoms with E-state index in [1.54, 1.807) is 6.07 Å². The zero-order valence-corrected chi connectivity index (χ0v) is 22.9. The first kappa shape index (κ1) is 30.9. The topological polar surface area (TPSA) is 238 Å². The quantitative estimate of drug-likeness (QED) is 0.159. The molecule has 0 radical (unpaired) electrons. The van der Waals surface area contributed by atoms with Gasteiger partial charge in [0.1, 0.15) is 71.0 Å². The van der Waals surface area contributed by atoms with Crippen molar-refractivity contribution in [2.75, 3.05) is 13.7 Å². The third-order valence-corrected chi connectivity index (χ3v) is 7.40. The van der Waals surface area contributed by atoms with E-state index in [1.165, 1.54) is 32.2 Å². The van der Waals surface area contributed by atoms with Crippen LogP contribution in [0.25, 0.3) is 22.3 Å². The Labute approximate surface area is 243 Å². The van der Waals surface area contributed by atoms with Crippen molar-refractivity contribution >= 4 is 11.0 Å². The molecule has 2 aromatic carbocycles. The average molecular weight is 609 g/mol. The molecule has 5 rings (SSSR count). The molecule has 43 heavy (non-hydrogen) atoms. The Morgan fingerprint density at radius 1 is 0.791 bits per heavy atom. The van der Waals surface area contributed by atoms with E-state index in [9.17, 15) is 45.6 Å². The molecule has 3 heterocycles. The van der Waals surface area contributed by atoms with E-state index in [0.717, 1.165) is 12.1 Å². The maximum atomic E-state index is 12.8. The highest BCUT2D eigenvalue weighted by atomic mass is 16.7. The van der Waals surface area contributed by atoms with Crippen molar-refractivity contribution in [3.63, 3.8) is 0 Å². The van der Waals surface area contributed by atoms with Gasteiger partial charge in [-0.25, -0.2) is 0 Å². The maximum Gasteiger partial charge on any atom is 0.229 e. The fourth-order valence-corrected chi connectivity index (χ4v) is 4.92. The van der Waals surface area contributed by atoms with E-state index >= 15 is 0 Å². The molecule has 15 nitrogen and oxygen atoms in total. The number of phenols is 2. The smallest absolute Gasteiger partial charge is 0.229 e. The summed E-state index contributed by atoms with van der Waals surface area (Å²) in [5, 5.41) is 82.0. The number of hydrogen-bond donors (Lipinski definition) is 8. The minimum Gasteiger partial charge on any atom is -0.507 e. The molecule has 15 heteroatoms. The van der Waals surface area contributed by atoms with Gasteiger partial charge in [0.2, 0.25) is 6.29 Å². The van der Waals surface area contributed by atoms with Gasteiger partial charge in [-0.15, -0.1) is 0 Å². The van der Waals surface area contributed by atoms with E-state index < -0.39 is 79.2 Å².